The number of halogens is 1. The van der Waals surface area contributed by atoms with E-state index in [9.17, 15) is 0 Å². The van der Waals surface area contributed by atoms with Crippen molar-refractivity contribution in [3.05, 3.63) is 45.2 Å². The molecule has 0 atom stereocenters. The van der Waals surface area contributed by atoms with Gasteiger partial charge in [0.25, 0.3) is 0 Å². The van der Waals surface area contributed by atoms with Gasteiger partial charge >= 0.3 is 0 Å². The van der Waals surface area contributed by atoms with Crippen LogP contribution in [0.1, 0.15) is 29.4 Å². The fourth-order valence-electron chi connectivity index (χ4n) is 2.25. The normalized spacial score (nSPS) is 10.9. The smallest absolute Gasteiger partial charge is 0.0673 e. The number of nitrogens with zero attached hydrogens (tertiary/aromatic N) is 2. The van der Waals surface area contributed by atoms with Gasteiger partial charge in [-0.25, -0.2) is 0 Å². The summed E-state index contributed by atoms with van der Waals surface area (Å²) in [7, 11) is 0. The molecule has 2 N–H and O–H groups in total. The lowest BCUT2D eigenvalue weighted by atomic mass is 10.1. The molecule has 0 aliphatic carbocycles. The van der Waals surface area contributed by atoms with Crippen LogP contribution in [0.5, 0.6) is 0 Å². The highest BCUT2D eigenvalue weighted by Gasteiger charge is 2.11. The van der Waals surface area contributed by atoms with E-state index in [0.717, 1.165) is 28.8 Å². The second-order valence-electron chi connectivity index (χ2n) is 4.51. The van der Waals surface area contributed by atoms with E-state index >= 15 is 0 Å². The van der Waals surface area contributed by atoms with Crippen molar-refractivity contribution in [1.82, 2.24) is 9.78 Å². The summed E-state index contributed by atoms with van der Waals surface area (Å²) >= 11 is 3.55. The fourth-order valence-corrected chi connectivity index (χ4v) is 2.77. The Morgan fingerprint density at radius 1 is 1.33 bits per heavy atom. The monoisotopic (exact) mass is 307 g/mol. The molecule has 0 amide bonds. The molecule has 0 aliphatic rings. The Labute approximate surface area is 116 Å². The van der Waals surface area contributed by atoms with Gasteiger partial charge in [0.05, 0.1) is 12.2 Å². The molecule has 0 saturated heterocycles. The maximum Gasteiger partial charge on any atom is 0.0673 e. The summed E-state index contributed by atoms with van der Waals surface area (Å²) in [6, 6.07) is 5.90. The number of aromatic nitrogens is 2. The minimum Gasteiger partial charge on any atom is -0.399 e. The average molecular weight is 308 g/mol. The molecule has 18 heavy (non-hydrogen) atoms. The van der Waals surface area contributed by atoms with E-state index in [1.165, 1.54) is 16.8 Å². The van der Waals surface area contributed by atoms with Crippen LogP contribution >= 0.6 is 15.9 Å². The maximum atomic E-state index is 5.75. The van der Waals surface area contributed by atoms with Gasteiger partial charge in [-0.2, -0.15) is 5.10 Å². The van der Waals surface area contributed by atoms with Gasteiger partial charge in [0.1, 0.15) is 0 Å². The van der Waals surface area contributed by atoms with Crippen LogP contribution in [0.3, 0.4) is 0 Å². The van der Waals surface area contributed by atoms with Crippen molar-refractivity contribution in [2.45, 2.75) is 33.7 Å². The molecule has 4 heteroatoms. The Morgan fingerprint density at radius 2 is 2.06 bits per heavy atom. The van der Waals surface area contributed by atoms with Crippen LogP contribution in [0.2, 0.25) is 0 Å². The topological polar surface area (TPSA) is 43.8 Å². The summed E-state index contributed by atoms with van der Waals surface area (Å²) in [5.74, 6) is 0. The summed E-state index contributed by atoms with van der Waals surface area (Å²) in [6.07, 6.45) is 1.03. The third-order valence-electron chi connectivity index (χ3n) is 3.28. The zero-order chi connectivity index (χ0) is 13.3. The number of hydrogen-bond acceptors (Lipinski definition) is 2. The average Bonchev–Trinajstić information content (AvgIpc) is 2.58. The largest absolute Gasteiger partial charge is 0.399 e. The standard InChI is InChI=1S/C14H18BrN3/c1-4-13-9(2)17-18(10(13)3)8-11-5-6-12(16)7-14(11)15/h5-7H,4,8,16H2,1-3H3. The zero-order valence-corrected chi connectivity index (χ0v) is 12.6. The summed E-state index contributed by atoms with van der Waals surface area (Å²) in [5.41, 5.74) is 11.4. The van der Waals surface area contributed by atoms with Crippen LogP contribution in [0.25, 0.3) is 0 Å². The first-order valence-electron chi connectivity index (χ1n) is 6.09. The van der Waals surface area contributed by atoms with E-state index in [2.05, 4.69) is 46.5 Å². The number of aryl methyl sites for hydroxylation is 1. The van der Waals surface area contributed by atoms with Crippen molar-refractivity contribution < 1.29 is 0 Å². The summed E-state index contributed by atoms with van der Waals surface area (Å²) in [6.45, 7) is 7.14. The van der Waals surface area contributed by atoms with Gasteiger partial charge in [-0.3, -0.25) is 4.68 Å². The van der Waals surface area contributed by atoms with Crippen LogP contribution in [0, 0.1) is 13.8 Å². The molecule has 0 fully saturated rings. The van der Waals surface area contributed by atoms with Crippen LogP contribution in [0.15, 0.2) is 22.7 Å². The lowest BCUT2D eigenvalue weighted by Crippen LogP contribution is -2.05. The number of benzene rings is 1. The molecule has 0 saturated carbocycles. The molecule has 0 aliphatic heterocycles. The molecule has 96 valence electrons. The molecule has 2 aromatic rings. The van der Waals surface area contributed by atoms with E-state index in [1.807, 2.05) is 18.2 Å². The number of nitrogens with two attached hydrogens (primary N) is 1. The van der Waals surface area contributed by atoms with Crippen molar-refractivity contribution in [1.29, 1.82) is 0 Å². The van der Waals surface area contributed by atoms with Crippen LogP contribution in [0.4, 0.5) is 5.69 Å². The minimum absolute atomic E-state index is 0.771. The first kappa shape index (κ1) is 13.1. The van der Waals surface area contributed by atoms with Gasteiger partial charge in [-0.1, -0.05) is 28.9 Å². The van der Waals surface area contributed by atoms with Crippen molar-refractivity contribution in [3.63, 3.8) is 0 Å². The first-order valence-corrected chi connectivity index (χ1v) is 6.89. The van der Waals surface area contributed by atoms with E-state index < -0.39 is 0 Å². The fraction of sp³-hybridized carbons (Fsp3) is 0.357. The van der Waals surface area contributed by atoms with Crippen molar-refractivity contribution in [2.24, 2.45) is 0 Å². The zero-order valence-electron chi connectivity index (χ0n) is 11.0. The number of anilines is 1. The van der Waals surface area contributed by atoms with Gasteiger partial charge in [0.15, 0.2) is 0 Å². The minimum atomic E-state index is 0.771. The molecular formula is C14H18BrN3. The van der Waals surface area contributed by atoms with Crippen molar-refractivity contribution >= 4 is 21.6 Å². The van der Waals surface area contributed by atoms with Gasteiger partial charge in [-0.15, -0.1) is 0 Å². The molecular weight excluding hydrogens is 290 g/mol. The van der Waals surface area contributed by atoms with Crippen LogP contribution in [-0.2, 0) is 13.0 Å². The lowest BCUT2D eigenvalue weighted by molar-refractivity contribution is 0.656. The summed E-state index contributed by atoms with van der Waals surface area (Å²) in [4.78, 5) is 0. The molecule has 2 rings (SSSR count). The Morgan fingerprint density at radius 3 is 2.61 bits per heavy atom. The third-order valence-corrected chi connectivity index (χ3v) is 4.02. The molecule has 1 aromatic carbocycles. The van der Waals surface area contributed by atoms with Gasteiger partial charge < -0.3 is 5.73 Å². The second-order valence-corrected chi connectivity index (χ2v) is 5.37. The second kappa shape index (κ2) is 5.14. The molecule has 3 nitrogen and oxygen atoms in total. The first-order chi connectivity index (χ1) is 8.52. The van der Waals surface area contributed by atoms with Crippen molar-refractivity contribution in [3.8, 4) is 0 Å². The van der Waals surface area contributed by atoms with E-state index in [1.54, 1.807) is 0 Å². The Bertz CT molecular complexity index is 573. The Balaban J connectivity index is 2.34. The number of hydrogen-bond donors (Lipinski definition) is 1. The molecule has 1 heterocycles. The van der Waals surface area contributed by atoms with E-state index in [4.69, 9.17) is 5.73 Å². The number of nitrogen functional groups attached to an aromatic ring is 1. The van der Waals surface area contributed by atoms with Gasteiger partial charge in [0, 0.05) is 15.9 Å². The van der Waals surface area contributed by atoms with Crippen LogP contribution < -0.4 is 5.73 Å². The predicted molar refractivity (Wildman–Crippen MR) is 78.7 cm³/mol. The molecule has 1 aromatic heterocycles. The lowest BCUT2D eigenvalue weighted by Gasteiger charge is -2.08. The molecule has 0 bridgehead atoms. The summed E-state index contributed by atoms with van der Waals surface area (Å²) in [5, 5.41) is 4.60. The van der Waals surface area contributed by atoms with Crippen LogP contribution in [-0.4, -0.2) is 9.78 Å². The SMILES string of the molecule is CCc1c(C)nn(Cc2ccc(N)cc2Br)c1C. The van der Waals surface area contributed by atoms with Gasteiger partial charge in [-0.05, 0) is 43.5 Å². The highest BCUT2D eigenvalue weighted by atomic mass is 79.9. The highest BCUT2D eigenvalue weighted by Crippen LogP contribution is 2.22. The summed E-state index contributed by atoms with van der Waals surface area (Å²) < 4.78 is 3.10. The number of rotatable bonds is 3. The predicted octanol–water partition coefficient (Wildman–Crippen LogP) is 3.46. The Kier molecular flexibility index (Phi) is 3.76. The molecule has 0 spiro atoms. The van der Waals surface area contributed by atoms with Crippen molar-refractivity contribution in [2.75, 3.05) is 5.73 Å². The molecule has 0 radical (unpaired) electrons. The van der Waals surface area contributed by atoms with E-state index in [-0.39, 0.29) is 0 Å². The third kappa shape index (κ3) is 2.43. The quantitative estimate of drug-likeness (QED) is 0.883. The maximum absolute atomic E-state index is 5.75. The van der Waals surface area contributed by atoms with E-state index in [0.29, 0.717) is 0 Å². The Hall–Kier alpha value is -1.29. The highest BCUT2D eigenvalue weighted by molar-refractivity contribution is 9.10. The van der Waals surface area contributed by atoms with Gasteiger partial charge in [0.2, 0.25) is 0 Å². The molecule has 0 unspecified atom stereocenters.